The van der Waals surface area contributed by atoms with Gasteiger partial charge in [0.15, 0.2) is 0 Å². The molecule has 0 heterocycles. The highest BCUT2D eigenvalue weighted by atomic mass is 35.5. The molecule has 0 bridgehead atoms. The van der Waals surface area contributed by atoms with E-state index in [0.29, 0.717) is 43.4 Å². The van der Waals surface area contributed by atoms with Gasteiger partial charge >= 0.3 is 6.18 Å². The standard InChI is InChI=1S/C13H16F3NO3.C13H19NO3.2C12H16ClNO3.C12H15F2NO3.2C12H16FNO3.C12H17NO3/c1-8-4-5-9(10(6-8)13(14,15)16)11(18)17-20-7-12(2,3)19;1-9-5-6-11(10(2)7-9)12(15)14-17-8-13(3,4)16;1-8-4-5-9(10(13)6-8)11(15)14-17-7-12(2,3)16;1-8-4-5-9(10(13)6-8)11(16)14-17-12(2,3)7-15;1-7-4-8(13)10(9(14)5-7)11(16)15-18-6-12(2,3)17;1-8-4-5-9(10(13)6-8)11(15)14-17-7-12(2,3)16;1-8-4-5-9(10(13)6-8)11(16)14-17-12(2,3)7-15;1-8-4-5-11(9(2)6-8)12(15)13-16-10(3)7-14/h4-6,19H,7H2,1-3H3,(H,17,18);5-7,16H,8H2,1-4H3,(H,14,15);4-6,16H,7H2,1-3H3,(H,14,15);4-6,15H,7H2,1-3H3,(H,14,16);4-5,17H,6H2,1-3H3,(H,15,16);4-6,16H,7H2,1-3H3,(H,14,15);4-6,15H,7H2,1-3H3,(H,14,16);4-6,10,14H,7H2,1-3H3,(H,13,15). The lowest BCUT2D eigenvalue weighted by atomic mass is 10.0. The highest BCUT2D eigenvalue weighted by Gasteiger charge is 2.36. The molecule has 8 amide bonds. The second kappa shape index (κ2) is 58.3. The normalized spacial score (nSPS) is 11.6. The summed E-state index contributed by atoms with van der Waals surface area (Å²) in [7, 11) is 0. The molecule has 16 N–H and O–H groups in total. The summed E-state index contributed by atoms with van der Waals surface area (Å²) in [5.74, 6) is -7.98. The summed E-state index contributed by atoms with van der Waals surface area (Å²) >= 11 is 11.9. The first kappa shape index (κ1) is 126. The number of benzene rings is 8. The Bertz CT molecular complexity index is 5060. The molecule has 0 saturated carbocycles. The van der Waals surface area contributed by atoms with Crippen molar-refractivity contribution >= 4 is 70.5 Å². The van der Waals surface area contributed by atoms with Crippen molar-refractivity contribution in [2.75, 3.05) is 52.9 Å². The number of aliphatic hydroxyl groups excluding tert-OH is 3. The van der Waals surface area contributed by atoms with Crippen LogP contribution >= 0.6 is 23.2 Å². The summed E-state index contributed by atoms with van der Waals surface area (Å²) in [4.78, 5) is 132. The predicted octanol–water partition coefficient (Wildman–Crippen LogP) is 14.5. The average molecular weight is 2010 g/mol. The topological polar surface area (TPSA) is 468 Å². The molecule has 8 aromatic carbocycles. The Balaban J connectivity index is 0.000000795. The first-order chi connectivity index (χ1) is 63.8. The Kier molecular flexibility index (Phi) is 52.8. The zero-order valence-corrected chi connectivity index (χ0v) is 84.0. The maximum Gasteiger partial charge on any atom is 0.417 e. The number of carbonyl (C=O) groups excluding carboxylic acids is 8. The fourth-order valence-corrected chi connectivity index (χ4v) is 10.5. The van der Waals surface area contributed by atoms with Crippen LogP contribution in [0, 0.1) is 92.5 Å². The van der Waals surface area contributed by atoms with E-state index in [0.717, 1.165) is 68.8 Å². The maximum atomic E-state index is 13.4. The van der Waals surface area contributed by atoms with Crippen LogP contribution < -0.4 is 43.8 Å². The number of hydrogen-bond donors (Lipinski definition) is 16. The molecule has 0 fully saturated rings. The molecule has 0 aliphatic rings. The van der Waals surface area contributed by atoms with Gasteiger partial charge in [0.2, 0.25) is 0 Å². The summed E-state index contributed by atoms with van der Waals surface area (Å²) in [6, 6.07) is 35.4. The number of hydrogen-bond acceptors (Lipinski definition) is 24. The van der Waals surface area contributed by atoms with Crippen molar-refractivity contribution in [3.8, 4) is 0 Å². The Morgan fingerprint density at radius 2 is 0.547 bits per heavy atom. The van der Waals surface area contributed by atoms with Gasteiger partial charge in [-0.3, -0.25) is 77.1 Å². The van der Waals surface area contributed by atoms with Gasteiger partial charge in [0.1, 0.15) is 79.2 Å². The molecule has 8 rings (SSSR count). The SMILES string of the molecule is Cc1cc(F)c(C(=O)NOCC(C)(C)O)c(F)c1.Cc1ccc(C(=O)NOC(C)(C)CO)c(Cl)c1.Cc1ccc(C(=O)NOC(C)(C)CO)c(F)c1.Cc1ccc(C(=O)NOC(C)CO)c(C)c1.Cc1ccc(C(=O)NOCC(C)(C)O)c(C(F)(F)F)c1.Cc1ccc(C(=O)NOCC(C)(C)O)c(C)c1.Cc1ccc(C(=O)NOCC(C)(C)O)c(Cl)c1.Cc1ccc(C(=O)NOCC(C)(C)O)c(F)c1. The van der Waals surface area contributed by atoms with E-state index in [1.54, 1.807) is 137 Å². The summed E-state index contributed by atoms with van der Waals surface area (Å²) < 4.78 is 92.2. The van der Waals surface area contributed by atoms with Crippen LogP contribution in [0.25, 0.3) is 0 Å². The second-order valence-corrected chi connectivity index (χ2v) is 37.1. The molecule has 0 saturated heterocycles. The lowest BCUT2D eigenvalue weighted by Gasteiger charge is -2.21. The van der Waals surface area contributed by atoms with E-state index < -0.39 is 127 Å². The van der Waals surface area contributed by atoms with Crippen molar-refractivity contribution in [3.05, 3.63) is 279 Å². The predicted molar refractivity (Wildman–Crippen MR) is 507 cm³/mol. The zero-order valence-electron chi connectivity index (χ0n) is 82.5. The molecule has 41 heteroatoms. The van der Waals surface area contributed by atoms with Crippen LogP contribution in [0.3, 0.4) is 0 Å². The number of aryl methyl sites for hydroxylation is 10. The largest absolute Gasteiger partial charge is 0.417 e. The highest BCUT2D eigenvalue weighted by molar-refractivity contribution is 6.34. The van der Waals surface area contributed by atoms with Gasteiger partial charge in [0.05, 0.1) is 91.3 Å². The molecule has 1 unspecified atom stereocenters. The van der Waals surface area contributed by atoms with Gasteiger partial charge in [0, 0.05) is 11.1 Å². The van der Waals surface area contributed by atoms with E-state index in [2.05, 4.69) is 37.7 Å². The van der Waals surface area contributed by atoms with Crippen LogP contribution in [-0.4, -0.2) is 186 Å². The highest BCUT2D eigenvalue weighted by Crippen LogP contribution is 2.33. The molecule has 32 nitrogen and oxygen atoms in total. The van der Waals surface area contributed by atoms with Crippen molar-refractivity contribution in [3.63, 3.8) is 0 Å². The first-order valence-electron chi connectivity index (χ1n) is 42.7. The lowest BCUT2D eigenvalue weighted by molar-refractivity contribution is -0.138. The Hall–Kier alpha value is -11.0. The van der Waals surface area contributed by atoms with Gasteiger partial charge in [-0.2, -0.15) is 13.2 Å². The molecular formula is C98H131Cl2F7N8O24. The first-order valence-corrected chi connectivity index (χ1v) is 43.4. The van der Waals surface area contributed by atoms with Gasteiger partial charge in [-0.1, -0.05) is 94.5 Å². The number of amides is 8. The molecule has 8 aromatic rings. The quantitative estimate of drug-likeness (QED) is 0.0137. The number of aliphatic hydroxyl groups is 8. The van der Waals surface area contributed by atoms with Crippen molar-refractivity contribution in [1.29, 1.82) is 0 Å². The smallest absolute Gasteiger partial charge is 0.394 e. The van der Waals surface area contributed by atoms with Crippen molar-refractivity contribution < 1.29 is 149 Å². The third-order valence-corrected chi connectivity index (χ3v) is 17.7. The van der Waals surface area contributed by atoms with Gasteiger partial charge in [-0.05, 0) is 297 Å². The van der Waals surface area contributed by atoms with Gasteiger partial charge in [-0.15, -0.1) is 0 Å². The minimum Gasteiger partial charge on any atom is -0.394 e. The third-order valence-electron chi connectivity index (χ3n) is 17.0. The van der Waals surface area contributed by atoms with E-state index in [4.69, 9.17) is 72.4 Å². The zero-order chi connectivity index (χ0) is 107. The molecule has 0 spiro atoms. The fraction of sp³-hybridized carbons (Fsp3) is 0.429. The van der Waals surface area contributed by atoms with Crippen LogP contribution in [-0.2, 0) is 44.9 Å². The summed E-state index contributed by atoms with van der Waals surface area (Å²) in [5.41, 5.74) is 17.6. The molecule has 0 aromatic heterocycles. The average Bonchev–Trinajstić information content (AvgIpc) is 0.838. The van der Waals surface area contributed by atoms with Crippen molar-refractivity contribution in [2.45, 2.75) is 225 Å². The van der Waals surface area contributed by atoms with Crippen LogP contribution in [0.2, 0.25) is 10.0 Å². The summed E-state index contributed by atoms with van der Waals surface area (Å²) in [5, 5.41) is 74.2. The Morgan fingerprint density at radius 1 is 0.309 bits per heavy atom. The van der Waals surface area contributed by atoms with E-state index in [-0.39, 0.29) is 75.8 Å². The van der Waals surface area contributed by atoms with Gasteiger partial charge in [-0.25, -0.2) is 61.4 Å². The van der Waals surface area contributed by atoms with E-state index in [1.807, 2.05) is 76.8 Å². The van der Waals surface area contributed by atoms with E-state index in [9.17, 15) is 94.6 Å². The minimum absolute atomic E-state index is 0.00220. The number of alkyl halides is 3. The summed E-state index contributed by atoms with van der Waals surface area (Å²) in [6.45, 7) is 40.3. The Morgan fingerprint density at radius 3 is 0.835 bits per heavy atom. The van der Waals surface area contributed by atoms with Gasteiger partial charge < -0.3 is 40.9 Å². The molecule has 139 heavy (non-hydrogen) atoms. The van der Waals surface area contributed by atoms with Crippen molar-refractivity contribution in [2.24, 2.45) is 0 Å². The second-order valence-electron chi connectivity index (χ2n) is 36.3. The van der Waals surface area contributed by atoms with Gasteiger partial charge in [0.25, 0.3) is 47.3 Å². The molecule has 0 aliphatic heterocycles. The number of rotatable bonds is 32. The molecule has 1 atom stereocenters. The van der Waals surface area contributed by atoms with Crippen LogP contribution in [0.5, 0.6) is 0 Å². The summed E-state index contributed by atoms with van der Waals surface area (Å²) in [6.07, 6.45) is -5.04. The maximum absolute atomic E-state index is 13.4. The molecule has 0 radical (unpaired) electrons. The van der Waals surface area contributed by atoms with E-state index in [1.165, 1.54) is 85.7 Å². The van der Waals surface area contributed by atoms with Crippen LogP contribution in [0.1, 0.15) is 248 Å². The molecular weight excluding hydrogens is 1880 g/mol. The minimum atomic E-state index is -4.63. The molecule has 0 aliphatic carbocycles. The monoisotopic (exact) mass is 2010 g/mol. The number of halogens is 9. The third kappa shape index (κ3) is 52.7. The fourth-order valence-electron chi connectivity index (χ4n) is 9.81. The van der Waals surface area contributed by atoms with Crippen LogP contribution in [0.4, 0.5) is 30.7 Å². The van der Waals surface area contributed by atoms with Crippen LogP contribution in [0.15, 0.2) is 140 Å². The number of carbonyl (C=O) groups is 8. The molecule has 770 valence electrons. The van der Waals surface area contributed by atoms with E-state index >= 15 is 0 Å². The number of hydroxylamine groups is 8. The van der Waals surface area contributed by atoms with Crippen molar-refractivity contribution in [1.82, 2.24) is 43.8 Å². The Labute approximate surface area is 814 Å². The lowest BCUT2D eigenvalue weighted by Crippen LogP contribution is -2.38. The number of nitrogens with one attached hydrogen (secondary N) is 8.